The lowest BCUT2D eigenvalue weighted by Crippen LogP contribution is -2.46. The van der Waals surface area contributed by atoms with Crippen molar-refractivity contribution in [3.05, 3.63) is 70.3 Å². The number of ether oxygens (including phenoxy) is 2. The van der Waals surface area contributed by atoms with Gasteiger partial charge in [-0.3, -0.25) is 4.79 Å². The summed E-state index contributed by atoms with van der Waals surface area (Å²) in [5, 5.41) is 0.766. The van der Waals surface area contributed by atoms with Gasteiger partial charge in [-0.1, -0.05) is 61.8 Å². The van der Waals surface area contributed by atoms with Crippen molar-refractivity contribution in [1.82, 2.24) is 0 Å². The molecule has 2 aromatic rings. The van der Waals surface area contributed by atoms with Crippen LogP contribution in [0.5, 0.6) is 5.75 Å². The van der Waals surface area contributed by atoms with Crippen LogP contribution in [0.4, 0.5) is 5.69 Å². The largest absolute Gasteiger partial charge is 0.490 e. The fourth-order valence-electron chi connectivity index (χ4n) is 6.57. The summed E-state index contributed by atoms with van der Waals surface area (Å²) in [7, 11) is 0.189. The van der Waals surface area contributed by atoms with E-state index in [9.17, 15) is 9.00 Å². The molecule has 0 saturated carbocycles. The fourth-order valence-corrected chi connectivity index (χ4v) is 7.76. The first-order chi connectivity index (χ1) is 19.3. The molecule has 40 heavy (non-hydrogen) atoms. The standard InChI is InChI=1S/C32H40ClN2O4S/c1-4-23-14-16-35-20-32(15-6-8-24-17-26(33)11-12-27(24)32)21-39-30-13-10-25(18-28(30)35)31(36)34-40(37)19-22(2)7-5-9-29(23)38-3/h5,9-13,17-18,22-23,29H,4,6-8,14-16,19-21H2,1-3H3/q-1/b9-5+/t22-,23+,29-,32-/m0/s1. The van der Waals surface area contributed by atoms with Gasteiger partial charge in [0.1, 0.15) is 5.75 Å². The Hall–Kier alpha value is -2.35. The van der Waals surface area contributed by atoms with Crippen LogP contribution in [-0.4, -0.2) is 44.6 Å². The van der Waals surface area contributed by atoms with Crippen molar-refractivity contribution < 1.29 is 18.5 Å². The van der Waals surface area contributed by atoms with Crippen LogP contribution in [0.15, 0.2) is 52.9 Å². The highest BCUT2D eigenvalue weighted by atomic mass is 35.5. The molecule has 8 heteroatoms. The molecule has 6 nitrogen and oxygen atoms in total. The van der Waals surface area contributed by atoms with Crippen molar-refractivity contribution in [2.24, 2.45) is 16.2 Å². The molecule has 1 amide bonds. The third kappa shape index (κ3) is 6.27. The summed E-state index contributed by atoms with van der Waals surface area (Å²) in [4.78, 5) is 15.5. The van der Waals surface area contributed by atoms with Crippen LogP contribution in [-0.2, 0) is 31.4 Å². The van der Waals surface area contributed by atoms with E-state index in [1.807, 2.05) is 25.1 Å². The van der Waals surface area contributed by atoms with Crippen LogP contribution in [0.1, 0.15) is 67.4 Å². The fraction of sp³-hybridized carbons (Fsp3) is 0.531. The molecule has 0 aromatic heterocycles. The van der Waals surface area contributed by atoms with Gasteiger partial charge in [-0.25, -0.2) is 0 Å². The molecule has 2 aromatic carbocycles. The summed E-state index contributed by atoms with van der Waals surface area (Å²) in [5.74, 6) is 1.14. The Bertz CT molecular complexity index is 1350. The molecule has 1 spiro atoms. The Balaban J connectivity index is 1.58. The highest BCUT2D eigenvalue weighted by molar-refractivity contribution is 7.75. The number of halogens is 1. The van der Waals surface area contributed by atoms with Crippen LogP contribution in [0.25, 0.3) is 0 Å². The quantitative estimate of drug-likeness (QED) is 0.278. The Kier molecular flexibility index (Phi) is 9.23. The normalized spacial score (nSPS) is 28.8. The Morgan fingerprint density at radius 2 is 2.10 bits per heavy atom. The highest BCUT2D eigenvalue weighted by Crippen LogP contribution is 2.45. The summed E-state index contributed by atoms with van der Waals surface area (Å²) in [6.45, 7) is 6.39. The summed E-state index contributed by atoms with van der Waals surface area (Å²) in [6, 6.07) is 11.8. The molecule has 3 aliphatic rings. The highest BCUT2D eigenvalue weighted by Gasteiger charge is 2.42. The maximum atomic E-state index is 13.1. The number of nitrogens with zero attached hydrogens (tertiary/aromatic N) is 2. The van der Waals surface area contributed by atoms with Gasteiger partial charge in [-0.15, -0.1) is 0 Å². The Morgan fingerprint density at radius 3 is 2.90 bits per heavy atom. The average molecular weight is 584 g/mol. The zero-order valence-corrected chi connectivity index (χ0v) is 25.3. The number of aryl methyl sites for hydroxylation is 1. The summed E-state index contributed by atoms with van der Waals surface area (Å²) < 4.78 is 29.3. The van der Waals surface area contributed by atoms with Crippen molar-refractivity contribution in [3.8, 4) is 5.75 Å². The number of anilines is 1. The topological polar surface area (TPSA) is 68.2 Å². The number of hydrogen-bond acceptors (Lipinski definition) is 6. The van der Waals surface area contributed by atoms with Crippen molar-refractivity contribution in [2.45, 2.75) is 63.9 Å². The minimum absolute atomic E-state index is 0.00223. The van der Waals surface area contributed by atoms with E-state index in [4.69, 9.17) is 21.1 Å². The Morgan fingerprint density at radius 1 is 1.25 bits per heavy atom. The second-order valence-electron chi connectivity index (χ2n) is 11.6. The van der Waals surface area contributed by atoms with E-state index in [1.54, 1.807) is 13.2 Å². The van der Waals surface area contributed by atoms with Crippen LogP contribution in [0.3, 0.4) is 0 Å². The SMILES string of the molecule is CC[C@@H]1CCN2C[C@@]3(CCCc4cc(Cl)ccc43)COc3ccc(cc32)C(=O)N=[S-](=O)C[C@@H](C)C/C=C/[C@@H]1OC. The van der Waals surface area contributed by atoms with Crippen molar-refractivity contribution >= 4 is 33.8 Å². The van der Waals surface area contributed by atoms with Crippen molar-refractivity contribution in [3.63, 3.8) is 0 Å². The summed E-state index contributed by atoms with van der Waals surface area (Å²) in [5.41, 5.74) is 3.75. The molecule has 0 unspecified atom stereocenters. The molecule has 2 aliphatic heterocycles. The van der Waals surface area contributed by atoms with Gasteiger partial charge >= 0.3 is 0 Å². The lowest BCUT2D eigenvalue weighted by atomic mass is 9.70. The van der Waals surface area contributed by atoms with E-state index in [0.717, 1.165) is 68.1 Å². The van der Waals surface area contributed by atoms with E-state index >= 15 is 0 Å². The van der Waals surface area contributed by atoms with Gasteiger partial charge in [0.05, 0.1) is 18.4 Å². The molecule has 1 aliphatic carbocycles. The molecule has 0 N–H and O–H groups in total. The van der Waals surface area contributed by atoms with E-state index < -0.39 is 16.5 Å². The van der Waals surface area contributed by atoms with Gasteiger partial charge in [-0.05, 0) is 79.5 Å². The van der Waals surface area contributed by atoms with Crippen LogP contribution in [0.2, 0.25) is 5.02 Å². The minimum Gasteiger partial charge on any atom is -0.490 e. The molecular formula is C32H40ClN2O4S-. The zero-order chi connectivity index (χ0) is 28.3. The number of rotatable bonds is 2. The first-order valence-electron chi connectivity index (χ1n) is 14.5. The molecule has 2 heterocycles. The molecule has 216 valence electrons. The maximum absolute atomic E-state index is 13.1. The van der Waals surface area contributed by atoms with Crippen molar-refractivity contribution in [1.29, 1.82) is 0 Å². The molecule has 2 bridgehead atoms. The number of carbonyl (C=O) groups excluding carboxylic acids is 1. The lowest BCUT2D eigenvalue weighted by molar-refractivity contribution is 0.0839. The predicted octanol–water partition coefficient (Wildman–Crippen LogP) is 7.13. The molecule has 0 fully saturated rings. The van der Waals surface area contributed by atoms with E-state index in [0.29, 0.717) is 23.8 Å². The lowest BCUT2D eigenvalue weighted by Gasteiger charge is -2.41. The van der Waals surface area contributed by atoms with Crippen LogP contribution >= 0.6 is 11.6 Å². The smallest absolute Gasteiger partial charge is 0.254 e. The molecular weight excluding hydrogens is 544 g/mol. The minimum atomic E-state index is -1.59. The molecule has 0 saturated heterocycles. The van der Waals surface area contributed by atoms with Gasteiger partial charge in [0, 0.05) is 36.2 Å². The first-order valence-corrected chi connectivity index (χ1v) is 16.1. The number of carbonyl (C=O) groups is 1. The van der Waals surface area contributed by atoms with Crippen molar-refractivity contribution in [2.75, 3.05) is 37.5 Å². The van der Waals surface area contributed by atoms with Gasteiger partial charge in [-0.2, -0.15) is 10.6 Å². The molecule has 5 rings (SSSR count). The molecule has 4 atom stereocenters. The van der Waals surface area contributed by atoms with Gasteiger partial charge in [0.2, 0.25) is 0 Å². The third-order valence-electron chi connectivity index (χ3n) is 8.79. The summed E-state index contributed by atoms with van der Waals surface area (Å²) >= 11 is 6.39. The van der Waals surface area contributed by atoms with E-state index in [1.165, 1.54) is 11.1 Å². The second-order valence-corrected chi connectivity index (χ2v) is 13.2. The predicted molar refractivity (Wildman–Crippen MR) is 162 cm³/mol. The number of amides is 1. The van der Waals surface area contributed by atoms with Crippen LogP contribution in [0, 0.1) is 11.8 Å². The Labute approximate surface area is 245 Å². The summed E-state index contributed by atoms with van der Waals surface area (Å²) in [6.07, 6.45) is 10.1. The van der Waals surface area contributed by atoms with Gasteiger partial charge in [0.15, 0.2) is 0 Å². The number of fused-ring (bicyclic) bond motifs is 3. The first kappa shape index (κ1) is 29.2. The zero-order valence-electron chi connectivity index (χ0n) is 23.7. The van der Waals surface area contributed by atoms with E-state index in [-0.39, 0.29) is 17.4 Å². The number of benzene rings is 2. The van der Waals surface area contributed by atoms with Gasteiger partial charge in [0.25, 0.3) is 5.91 Å². The van der Waals surface area contributed by atoms with E-state index in [2.05, 4.69) is 40.5 Å². The third-order valence-corrected chi connectivity index (χ3v) is 10.2. The number of hydrogen-bond donors (Lipinski definition) is 0. The number of methoxy groups -OCH3 is 1. The average Bonchev–Trinajstić information content (AvgIpc) is 3.08. The number of allylic oxidation sites excluding steroid dienone is 1. The molecule has 0 radical (unpaired) electrons. The van der Waals surface area contributed by atoms with Crippen LogP contribution < -0.4 is 9.64 Å². The second kappa shape index (κ2) is 12.7. The monoisotopic (exact) mass is 583 g/mol. The maximum Gasteiger partial charge on any atom is 0.254 e. The van der Waals surface area contributed by atoms with Gasteiger partial charge < -0.3 is 22.9 Å².